The Balaban J connectivity index is 1.65. The van der Waals surface area contributed by atoms with E-state index in [1.54, 1.807) is 37.3 Å². The average Bonchev–Trinajstić information content (AvgIpc) is 3.11. The molecule has 1 aromatic heterocycles. The second kappa shape index (κ2) is 7.92. The zero-order valence-corrected chi connectivity index (χ0v) is 14.9. The van der Waals surface area contributed by atoms with Gasteiger partial charge >= 0.3 is 0 Å². The minimum Gasteiger partial charge on any atom is -0.493 e. The Labute approximate surface area is 153 Å². The zero-order chi connectivity index (χ0) is 18.5. The fourth-order valence-electron chi connectivity index (χ4n) is 2.16. The molecular weight excluding hydrogens is 357 g/mol. The topological polar surface area (TPSA) is 73.3 Å². The van der Waals surface area contributed by atoms with E-state index >= 15 is 0 Å². The summed E-state index contributed by atoms with van der Waals surface area (Å²) in [7, 11) is 1.53. The molecule has 0 bridgehead atoms. The van der Waals surface area contributed by atoms with Crippen LogP contribution in [-0.4, -0.2) is 28.5 Å². The third-order valence-electron chi connectivity index (χ3n) is 3.50. The van der Waals surface area contributed by atoms with Crippen molar-refractivity contribution in [3.05, 3.63) is 54.3 Å². The highest BCUT2D eigenvalue weighted by molar-refractivity contribution is 7.10. The highest BCUT2D eigenvalue weighted by Crippen LogP contribution is 2.27. The van der Waals surface area contributed by atoms with Crippen molar-refractivity contribution in [3.8, 4) is 22.9 Å². The lowest BCUT2D eigenvalue weighted by Crippen LogP contribution is -2.30. The van der Waals surface area contributed by atoms with Crippen LogP contribution in [0.15, 0.2) is 48.5 Å². The van der Waals surface area contributed by atoms with Crippen LogP contribution in [0.4, 0.5) is 9.52 Å². The van der Waals surface area contributed by atoms with Crippen LogP contribution in [-0.2, 0) is 4.79 Å². The smallest absolute Gasteiger partial charge is 0.266 e. The maximum atomic E-state index is 13.0. The highest BCUT2D eigenvalue weighted by atomic mass is 32.1. The van der Waals surface area contributed by atoms with E-state index in [4.69, 9.17) is 9.47 Å². The Hall–Kier alpha value is -3.00. The van der Waals surface area contributed by atoms with E-state index in [1.165, 1.54) is 19.2 Å². The Kier molecular flexibility index (Phi) is 5.43. The Morgan fingerprint density at radius 2 is 1.85 bits per heavy atom. The van der Waals surface area contributed by atoms with Crippen LogP contribution in [0.3, 0.4) is 0 Å². The van der Waals surface area contributed by atoms with Gasteiger partial charge in [0.15, 0.2) is 23.4 Å². The molecule has 26 heavy (non-hydrogen) atoms. The lowest BCUT2D eigenvalue weighted by Gasteiger charge is -2.15. The van der Waals surface area contributed by atoms with E-state index in [-0.39, 0.29) is 11.7 Å². The summed E-state index contributed by atoms with van der Waals surface area (Å²) in [5, 5.41) is 3.00. The van der Waals surface area contributed by atoms with Crippen molar-refractivity contribution in [2.24, 2.45) is 0 Å². The van der Waals surface area contributed by atoms with Crippen molar-refractivity contribution in [1.82, 2.24) is 9.36 Å². The molecule has 0 radical (unpaired) electrons. The van der Waals surface area contributed by atoms with Gasteiger partial charge in [0.25, 0.3) is 5.91 Å². The molecule has 0 aliphatic heterocycles. The van der Waals surface area contributed by atoms with Gasteiger partial charge in [0.1, 0.15) is 5.82 Å². The first-order valence-corrected chi connectivity index (χ1v) is 8.54. The fourth-order valence-corrected chi connectivity index (χ4v) is 2.75. The first-order valence-electron chi connectivity index (χ1n) is 7.77. The van der Waals surface area contributed by atoms with E-state index in [0.29, 0.717) is 28.0 Å². The molecule has 0 saturated carbocycles. The number of amides is 1. The van der Waals surface area contributed by atoms with Crippen LogP contribution >= 0.6 is 11.5 Å². The molecule has 0 saturated heterocycles. The number of hydrogen-bond donors (Lipinski definition) is 1. The van der Waals surface area contributed by atoms with Crippen LogP contribution < -0.4 is 14.8 Å². The SMILES string of the molecule is COc1ccccc1O[C@@H](C)C(=O)Nc1nc(-c2ccc(F)cc2)ns1. The number of anilines is 1. The number of benzene rings is 2. The summed E-state index contributed by atoms with van der Waals surface area (Å²) in [4.78, 5) is 16.6. The number of carbonyl (C=O) groups is 1. The molecule has 3 aromatic rings. The number of rotatable bonds is 6. The normalized spacial score (nSPS) is 11.7. The number of ether oxygens (including phenoxy) is 2. The van der Waals surface area contributed by atoms with Gasteiger partial charge in [-0.25, -0.2) is 4.39 Å². The Morgan fingerprint density at radius 1 is 1.15 bits per heavy atom. The molecule has 3 rings (SSSR count). The minimum atomic E-state index is -0.760. The predicted molar refractivity (Wildman–Crippen MR) is 97.0 cm³/mol. The highest BCUT2D eigenvalue weighted by Gasteiger charge is 2.18. The van der Waals surface area contributed by atoms with Crippen LogP contribution in [0.1, 0.15) is 6.92 Å². The molecule has 1 atom stereocenters. The molecule has 0 unspecified atom stereocenters. The monoisotopic (exact) mass is 373 g/mol. The standard InChI is InChI=1S/C18H16FN3O3S/c1-11(25-15-6-4-3-5-14(15)24-2)17(23)21-18-20-16(22-26-18)12-7-9-13(19)10-8-12/h3-11H,1-2H3,(H,20,21,22,23)/t11-/m0/s1. The molecule has 0 aliphatic carbocycles. The van der Waals surface area contributed by atoms with Gasteiger partial charge in [-0.05, 0) is 43.3 Å². The van der Waals surface area contributed by atoms with Crippen LogP contribution in [0.2, 0.25) is 0 Å². The summed E-state index contributed by atoms with van der Waals surface area (Å²) in [6.07, 6.45) is -0.760. The van der Waals surface area contributed by atoms with Gasteiger partial charge in [-0.2, -0.15) is 9.36 Å². The molecule has 0 fully saturated rings. The van der Waals surface area contributed by atoms with Gasteiger partial charge in [-0.1, -0.05) is 12.1 Å². The summed E-state index contributed by atoms with van der Waals surface area (Å²) in [6, 6.07) is 12.9. The second-order valence-electron chi connectivity index (χ2n) is 5.33. The van der Waals surface area contributed by atoms with E-state index < -0.39 is 6.10 Å². The lowest BCUT2D eigenvalue weighted by atomic mass is 10.2. The van der Waals surface area contributed by atoms with E-state index in [1.807, 2.05) is 6.07 Å². The molecule has 1 heterocycles. The van der Waals surface area contributed by atoms with Crippen molar-refractivity contribution >= 4 is 22.6 Å². The van der Waals surface area contributed by atoms with Gasteiger partial charge in [-0.3, -0.25) is 10.1 Å². The quantitative estimate of drug-likeness (QED) is 0.712. The molecular formula is C18H16FN3O3S. The van der Waals surface area contributed by atoms with Crippen LogP contribution in [0, 0.1) is 5.82 Å². The molecule has 6 nitrogen and oxygen atoms in total. The van der Waals surface area contributed by atoms with Crippen LogP contribution in [0.5, 0.6) is 11.5 Å². The number of aromatic nitrogens is 2. The van der Waals surface area contributed by atoms with Crippen molar-refractivity contribution in [3.63, 3.8) is 0 Å². The molecule has 0 aliphatic rings. The average molecular weight is 373 g/mol. The number of methoxy groups -OCH3 is 1. The van der Waals surface area contributed by atoms with Crippen molar-refractivity contribution < 1.29 is 18.7 Å². The zero-order valence-electron chi connectivity index (χ0n) is 14.1. The first-order chi connectivity index (χ1) is 12.6. The van der Waals surface area contributed by atoms with E-state index in [2.05, 4.69) is 14.7 Å². The third-order valence-corrected chi connectivity index (χ3v) is 4.13. The number of nitrogens with zero attached hydrogens (tertiary/aromatic N) is 2. The van der Waals surface area contributed by atoms with Gasteiger partial charge in [0.05, 0.1) is 7.11 Å². The van der Waals surface area contributed by atoms with Crippen molar-refractivity contribution in [2.75, 3.05) is 12.4 Å². The fraction of sp³-hybridized carbons (Fsp3) is 0.167. The van der Waals surface area contributed by atoms with E-state index in [0.717, 1.165) is 11.5 Å². The number of halogens is 1. The number of nitrogens with one attached hydrogen (secondary N) is 1. The molecule has 134 valence electrons. The maximum Gasteiger partial charge on any atom is 0.266 e. The number of para-hydroxylation sites is 2. The maximum absolute atomic E-state index is 13.0. The summed E-state index contributed by atoms with van der Waals surface area (Å²) < 4.78 is 28.0. The molecule has 2 aromatic carbocycles. The summed E-state index contributed by atoms with van der Waals surface area (Å²) in [5.41, 5.74) is 0.668. The second-order valence-corrected chi connectivity index (χ2v) is 6.08. The lowest BCUT2D eigenvalue weighted by molar-refractivity contribution is -0.122. The van der Waals surface area contributed by atoms with Crippen molar-refractivity contribution in [1.29, 1.82) is 0 Å². The summed E-state index contributed by atoms with van der Waals surface area (Å²) >= 11 is 1.04. The summed E-state index contributed by atoms with van der Waals surface area (Å²) in [6.45, 7) is 1.63. The number of carbonyl (C=O) groups excluding carboxylic acids is 1. The number of hydrogen-bond acceptors (Lipinski definition) is 6. The largest absolute Gasteiger partial charge is 0.493 e. The minimum absolute atomic E-state index is 0.334. The van der Waals surface area contributed by atoms with Gasteiger partial charge in [-0.15, -0.1) is 0 Å². The Bertz CT molecular complexity index is 899. The molecule has 1 amide bonds. The van der Waals surface area contributed by atoms with Gasteiger partial charge in [0, 0.05) is 17.1 Å². The molecule has 0 spiro atoms. The summed E-state index contributed by atoms with van der Waals surface area (Å²) in [5.74, 6) is 0.740. The molecule has 1 N–H and O–H groups in total. The van der Waals surface area contributed by atoms with E-state index in [9.17, 15) is 9.18 Å². The van der Waals surface area contributed by atoms with Gasteiger partial charge < -0.3 is 9.47 Å². The predicted octanol–water partition coefficient (Wildman–Crippen LogP) is 3.76. The first kappa shape index (κ1) is 17.8. The van der Waals surface area contributed by atoms with Crippen molar-refractivity contribution in [2.45, 2.75) is 13.0 Å². The van der Waals surface area contributed by atoms with Gasteiger partial charge in [0.2, 0.25) is 5.13 Å². The molecule has 8 heteroatoms. The third kappa shape index (κ3) is 4.15. The van der Waals surface area contributed by atoms with Crippen LogP contribution in [0.25, 0.3) is 11.4 Å². The Morgan fingerprint density at radius 3 is 2.54 bits per heavy atom.